The van der Waals surface area contributed by atoms with Crippen LogP contribution in [-0.4, -0.2) is 11.7 Å². The molecule has 1 nitrogen and oxygen atoms in total. The minimum Gasteiger partial charge on any atom is -0.392 e. The van der Waals surface area contributed by atoms with Crippen molar-refractivity contribution in [3.63, 3.8) is 0 Å². The van der Waals surface area contributed by atoms with Crippen LogP contribution < -0.4 is 0 Å². The Morgan fingerprint density at radius 1 is 1.40 bits per heavy atom. The minimum atomic E-state index is 0.0452. The molecule has 82 valence electrons. The molecule has 0 atom stereocenters. The first-order valence-corrected chi connectivity index (χ1v) is 5.82. The van der Waals surface area contributed by atoms with E-state index in [-0.39, 0.29) is 12.0 Å². The summed E-state index contributed by atoms with van der Waals surface area (Å²) in [5.41, 5.74) is 2.38. The molecule has 0 unspecified atom stereocenters. The van der Waals surface area contributed by atoms with E-state index < -0.39 is 0 Å². The number of hydrogen-bond acceptors (Lipinski definition) is 1. The van der Waals surface area contributed by atoms with E-state index in [0.717, 1.165) is 10.0 Å². The predicted octanol–water partition coefficient (Wildman–Crippen LogP) is 3.87. The minimum absolute atomic E-state index is 0.0452. The van der Waals surface area contributed by atoms with Gasteiger partial charge in [0.05, 0.1) is 6.61 Å². The molecule has 0 aliphatic rings. The number of allylic oxidation sites excluding steroid dienone is 1. The Morgan fingerprint density at radius 2 is 2.07 bits per heavy atom. The Labute approximate surface area is 100.0 Å². The molecule has 0 saturated carbocycles. The quantitative estimate of drug-likeness (QED) is 0.864. The summed E-state index contributed by atoms with van der Waals surface area (Å²) in [6.07, 6.45) is 1.88. The third-order valence-electron chi connectivity index (χ3n) is 2.24. The van der Waals surface area contributed by atoms with Crippen LogP contribution in [0.25, 0.3) is 5.57 Å². The van der Waals surface area contributed by atoms with Gasteiger partial charge in [-0.1, -0.05) is 54.9 Å². The summed E-state index contributed by atoms with van der Waals surface area (Å²) in [6, 6.07) is 8.16. The van der Waals surface area contributed by atoms with Crippen LogP contribution in [0.1, 0.15) is 26.3 Å². The van der Waals surface area contributed by atoms with E-state index in [1.165, 1.54) is 5.57 Å². The van der Waals surface area contributed by atoms with Gasteiger partial charge in [-0.3, -0.25) is 0 Å². The fourth-order valence-corrected chi connectivity index (χ4v) is 2.00. The van der Waals surface area contributed by atoms with E-state index in [9.17, 15) is 0 Å². The Hall–Kier alpha value is -0.600. The molecule has 0 spiro atoms. The summed E-state index contributed by atoms with van der Waals surface area (Å²) in [7, 11) is 0. The predicted molar refractivity (Wildman–Crippen MR) is 68.7 cm³/mol. The van der Waals surface area contributed by atoms with Crippen LogP contribution >= 0.6 is 15.9 Å². The van der Waals surface area contributed by atoms with Gasteiger partial charge in [0, 0.05) is 4.47 Å². The molecule has 0 amide bonds. The van der Waals surface area contributed by atoms with Gasteiger partial charge in [0.25, 0.3) is 0 Å². The molecule has 0 radical (unpaired) electrons. The van der Waals surface area contributed by atoms with Crippen molar-refractivity contribution in [3.8, 4) is 0 Å². The number of aliphatic hydroxyl groups is 1. The Morgan fingerprint density at radius 3 is 2.53 bits per heavy atom. The highest BCUT2D eigenvalue weighted by Crippen LogP contribution is 2.34. The zero-order valence-corrected chi connectivity index (χ0v) is 11.0. The zero-order valence-electron chi connectivity index (χ0n) is 9.42. The molecular formula is C13H17BrO. The first-order valence-electron chi connectivity index (χ1n) is 5.02. The van der Waals surface area contributed by atoms with Crippen molar-refractivity contribution >= 4 is 21.5 Å². The lowest BCUT2D eigenvalue weighted by Gasteiger charge is -2.23. The van der Waals surface area contributed by atoms with Gasteiger partial charge in [-0.2, -0.15) is 0 Å². The third-order valence-corrected chi connectivity index (χ3v) is 2.73. The topological polar surface area (TPSA) is 20.2 Å². The Bertz CT molecular complexity index is 361. The van der Waals surface area contributed by atoms with Gasteiger partial charge in [-0.15, -0.1) is 0 Å². The van der Waals surface area contributed by atoms with E-state index in [0.29, 0.717) is 0 Å². The van der Waals surface area contributed by atoms with Gasteiger partial charge in [0.15, 0.2) is 0 Å². The summed E-state index contributed by atoms with van der Waals surface area (Å²) in [6.45, 7) is 6.53. The molecule has 0 heterocycles. The van der Waals surface area contributed by atoms with Crippen molar-refractivity contribution in [1.82, 2.24) is 0 Å². The molecular weight excluding hydrogens is 252 g/mol. The monoisotopic (exact) mass is 268 g/mol. The van der Waals surface area contributed by atoms with E-state index in [2.05, 4.69) is 48.8 Å². The second kappa shape index (κ2) is 4.95. The normalized spacial score (nSPS) is 13.0. The first kappa shape index (κ1) is 12.5. The van der Waals surface area contributed by atoms with Crippen molar-refractivity contribution in [2.45, 2.75) is 20.8 Å². The van der Waals surface area contributed by atoms with Crippen molar-refractivity contribution < 1.29 is 5.11 Å². The van der Waals surface area contributed by atoms with Crippen LogP contribution in [0.4, 0.5) is 0 Å². The maximum Gasteiger partial charge on any atom is 0.0618 e. The molecule has 0 saturated heterocycles. The lowest BCUT2D eigenvalue weighted by molar-refractivity contribution is 0.341. The fourth-order valence-electron chi connectivity index (χ4n) is 1.60. The summed E-state index contributed by atoms with van der Waals surface area (Å²) in [5, 5.41) is 9.04. The van der Waals surface area contributed by atoms with Gasteiger partial charge >= 0.3 is 0 Å². The smallest absolute Gasteiger partial charge is 0.0618 e. The molecule has 0 bridgehead atoms. The van der Waals surface area contributed by atoms with E-state index >= 15 is 0 Å². The zero-order chi connectivity index (χ0) is 11.5. The van der Waals surface area contributed by atoms with Crippen molar-refractivity contribution in [1.29, 1.82) is 0 Å². The number of halogens is 1. The van der Waals surface area contributed by atoms with E-state index in [1.807, 2.05) is 18.2 Å². The first-order chi connectivity index (χ1) is 6.95. The lowest BCUT2D eigenvalue weighted by Crippen LogP contribution is -2.09. The van der Waals surface area contributed by atoms with Crippen LogP contribution in [0, 0.1) is 5.41 Å². The maximum atomic E-state index is 9.04. The number of hydrogen-bond donors (Lipinski definition) is 1. The number of benzene rings is 1. The van der Waals surface area contributed by atoms with Crippen molar-refractivity contribution in [2.24, 2.45) is 5.41 Å². The van der Waals surface area contributed by atoms with Crippen LogP contribution in [0.15, 0.2) is 34.8 Å². The average Bonchev–Trinajstić information content (AvgIpc) is 2.12. The molecule has 15 heavy (non-hydrogen) atoms. The standard InChI is InChI=1S/C13H17BrO/c1-13(2,3)12(7-8-15)10-5-4-6-11(14)9-10/h4-7,9,15H,8H2,1-3H3/b12-7+. The molecule has 0 aliphatic carbocycles. The molecule has 0 aromatic heterocycles. The number of rotatable bonds is 2. The van der Waals surface area contributed by atoms with Crippen molar-refractivity contribution in [3.05, 3.63) is 40.4 Å². The van der Waals surface area contributed by atoms with Gasteiger partial charge in [0.1, 0.15) is 0 Å². The molecule has 2 heteroatoms. The molecule has 1 N–H and O–H groups in total. The maximum absolute atomic E-state index is 9.04. The van der Waals surface area contributed by atoms with Crippen LogP contribution in [0.2, 0.25) is 0 Å². The van der Waals surface area contributed by atoms with Gasteiger partial charge < -0.3 is 5.11 Å². The highest BCUT2D eigenvalue weighted by molar-refractivity contribution is 9.10. The van der Waals surface area contributed by atoms with Gasteiger partial charge in [-0.25, -0.2) is 0 Å². The largest absolute Gasteiger partial charge is 0.392 e. The second-order valence-corrected chi connectivity index (χ2v) is 5.48. The molecule has 1 rings (SSSR count). The Balaban J connectivity index is 3.17. The van der Waals surface area contributed by atoms with E-state index in [4.69, 9.17) is 5.11 Å². The summed E-state index contributed by atoms with van der Waals surface area (Å²) in [5.74, 6) is 0. The summed E-state index contributed by atoms with van der Waals surface area (Å²) >= 11 is 3.46. The second-order valence-electron chi connectivity index (χ2n) is 4.56. The van der Waals surface area contributed by atoms with Crippen molar-refractivity contribution in [2.75, 3.05) is 6.61 Å². The highest BCUT2D eigenvalue weighted by atomic mass is 79.9. The van der Waals surface area contributed by atoms with Crippen LogP contribution in [-0.2, 0) is 0 Å². The summed E-state index contributed by atoms with van der Waals surface area (Å²) < 4.78 is 1.06. The molecule has 0 aliphatic heterocycles. The molecule has 1 aromatic rings. The highest BCUT2D eigenvalue weighted by Gasteiger charge is 2.18. The van der Waals surface area contributed by atoms with E-state index in [1.54, 1.807) is 0 Å². The molecule has 1 aromatic carbocycles. The average molecular weight is 269 g/mol. The van der Waals surface area contributed by atoms with Gasteiger partial charge in [0.2, 0.25) is 0 Å². The SMILES string of the molecule is CC(C)(C)/C(=C/CO)c1cccc(Br)c1. The van der Waals surface area contributed by atoms with Gasteiger partial charge in [-0.05, 0) is 28.7 Å². The third kappa shape index (κ3) is 3.47. The fraction of sp³-hybridized carbons (Fsp3) is 0.385. The number of aliphatic hydroxyl groups excluding tert-OH is 1. The molecule has 0 fully saturated rings. The lowest BCUT2D eigenvalue weighted by atomic mass is 9.82. The van der Waals surface area contributed by atoms with Crippen LogP contribution in [0.5, 0.6) is 0 Å². The Kier molecular flexibility index (Phi) is 4.12. The summed E-state index contributed by atoms with van der Waals surface area (Å²) in [4.78, 5) is 0. The van der Waals surface area contributed by atoms with Crippen LogP contribution in [0.3, 0.4) is 0 Å².